The van der Waals surface area contributed by atoms with Gasteiger partial charge in [-0.3, -0.25) is 4.79 Å². The van der Waals surface area contributed by atoms with Gasteiger partial charge in [0, 0.05) is 29.8 Å². The number of nitrogens with zero attached hydrogens (tertiary/aromatic N) is 3. The van der Waals surface area contributed by atoms with Crippen molar-refractivity contribution in [3.63, 3.8) is 0 Å². The Balaban J connectivity index is 1.44. The fourth-order valence-corrected chi connectivity index (χ4v) is 4.76. The van der Waals surface area contributed by atoms with E-state index in [9.17, 15) is 9.18 Å². The maximum Gasteiger partial charge on any atom is 0.283 e. The molecule has 2 aromatic heterocycles. The molecule has 0 saturated carbocycles. The number of halogens is 2. The average Bonchev–Trinajstić information content (AvgIpc) is 2.90. The number of amides is 1. The minimum atomic E-state index is -1.23. The molecule has 9 nitrogen and oxygen atoms in total. The molecule has 3 aliphatic rings. The van der Waals surface area contributed by atoms with Crippen molar-refractivity contribution < 1.29 is 27.8 Å². The molecule has 1 amide bonds. The molecule has 3 N–H and O–H groups in total. The van der Waals surface area contributed by atoms with Crippen LogP contribution < -0.4 is 15.8 Å². The van der Waals surface area contributed by atoms with Crippen LogP contribution in [-0.2, 0) is 15.1 Å². The van der Waals surface area contributed by atoms with Gasteiger partial charge in [0.1, 0.15) is 17.3 Å². The summed E-state index contributed by atoms with van der Waals surface area (Å²) in [5, 5.41) is 2.75. The third kappa shape index (κ3) is 4.06. The molecule has 0 saturated heterocycles. The molecule has 0 fully saturated rings. The summed E-state index contributed by atoms with van der Waals surface area (Å²) in [6.07, 6.45) is 3.77. The predicted octanol–water partition coefficient (Wildman–Crippen LogP) is 3.90. The van der Waals surface area contributed by atoms with Gasteiger partial charge < -0.3 is 25.3 Å². The summed E-state index contributed by atoms with van der Waals surface area (Å²) < 4.78 is 46.1. The summed E-state index contributed by atoms with van der Waals surface area (Å²) in [6.45, 7) is 1.26. The van der Waals surface area contributed by atoms with Gasteiger partial charge in [-0.25, -0.2) is 19.4 Å². The van der Waals surface area contributed by atoms with Crippen LogP contribution in [0, 0.1) is 11.8 Å². The predicted molar refractivity (Wildman–Crippen MR) is 129 cm³/mol. The van der Waals surface area contributed by atoms with Gasteiger partial charge >= 0.3 is 0 Å². The molecule has 1 atom stereocenters. The van der Waals surface area contributed by atoms with Crippen LogP contribution in [0.5, 0.6) is 11.5 Å². The first-order valence-corrected chi connectivity index (χ1v) is 11.7. The summed E-state index contributed by atoms with van der Waals surface area (Å²) >= 11 is 0. The molecule has 0 aliphatic carbocycles. The van der Waals surface area contributed by atoms with Gasteiger partial charge in [-0.1, -0.05) is 6.08 Å². The van der Waals surface area contributed by atoms with Crippen molar-refractivity contribution >= 4 is 23.2 Å². The summed E-state index contributed by atoms with van der Waals surface area (Å²) in [5.41, 5.74) is 7.54. The molecule has 6 rings (SSSR count). The molecular formula is C26H21F2N5O4. The van der Waals surface area contributed by atoms with Crippen molar-refractivity contribution in [1.29, 1.82) is 0 Å². The fourth-order valence-electron chi connectivity index (χ4n) is 4.76. The minimum absolute atomic E-state index is 0.0425. The highest BCUT2D eigenvalue weighted by molar-refractivity contribution is 6.03. The number of carbonyl (C=O) groups excluding carboxylic acids is 1. The van der Waals surface area contributed by atoms with Crippen molar-refractivity contribution in [2.45, 2.75) is 18.4 Å². The number of anilines is 1. The Morgan fingerprint density at radius 2 is 2.03 bits per heavy atom. The van der Waals surface area contributed by atoms with E-state index in [2.05, 4.69) is 20.3 Å². The lowest BCUT2D eigenvalue weighted by Gasteiger charge is -2.41. The molecule has 1 spiro atoms. The van der Waals surface area contributed by atoms with Gasteiger partial charge in [0.15, 0.2) is 11.4 Å². The third-order valence-electron chi connectivity index (χ3n) is 6.51. The number of aliphatic imine (C=N–C) groups is 1. The number of fused-ring (bicyclic) bond motifs is 4. The second kappa shape index (κ2) is 8.93. The second-order valence-electron chi connectivity index (χ2n) is 8.76. The van der Waals surface area contributed by atoms with Crippen LogP contribution in [0.1, 0.15) is 40.2 Å². The SMILES string of the molecule is NC1=NCC[C@]2(O1)c1cc(NC(=O)c3ccc(F)cn3)ccc1Oc1c2cc(C2=CCOCC2)nc1F. The zero-order valence-electron chi connectivity index (χ0n) is 19.5. The smallest absolute Gasteiger partial charge is 0.283 e. The third-order valence-corrected chi connectivity index (χ3v) is 6.51. The largest absolute Gasteiger partial charge is 0.452 e. The monoisotopic (exact) mass is 505 g/mol. The van der Waals surface area contributed by atoms with Crippen LogP contribution >= 0.6 is 0 Å². The lowest BCUT2D eigenvalue weighted by atomic mass is 9.79. The number of hydrogen-bond acceptors (Lipinski definition) is 8. The number of amidine groups is 1. The lowest BCUT2D eigenvalue weighted by Crippen LogP contribution is -2.43. The number of nitrogens with two attached hydrogens (primary N) is 1. The first-order valence-electron chi connectivity index (χ1n) is 11.7. The van der Waals surface area contributed by atoms with Gasteiger partial charge in [0.2, 0.25) is 0 Å². The Morgan fingerprint density at radius 1 is 1.14 bits per heavy atom. The van der Waals surface area contributed by atoms with E-state index in [0.29, 0.717) is 60.9 Å². The summed E-state index contributed by atoms with van der Waals surface area (Å²) in [5.74, 6) is -1.56. The van der Waals surface area contributed by atoms with Crippen LogP contribution in [0.3, 0.4) is 0 Å². The summed E-state index contributed by atoms with van der Waals surface area (Å²) in [6, 6.07) is 9.04. The fraction of sp³-hybridized carbons (Fsp3) is 0.231. The van der Waals surface area contributed by atoms with E-state index >= 15 is 4.39 Å². The molecule has 11 heteroatoms. The maximum absolute atomic E-state index is 15.4. The molecule has 5 heterocycles. The molecule has 3 aromatic rings. The van der Waals surface area contributed by atoms with Crippen molar-refractivity contribution in [2.75, 3.05) is 25.1 Å². The van der Waals surface area contributed by atoms with Crippen molar-refractivity contribution in [3.8, 4) is 11.5 Å². The molecule has 0 bridgehead atoms. The highest BCUT2D eigenvalue weighted by Crippen LogP contribution is 2.53. The van der Waals surface area contributed by atoms with Crippen molar-refractivity contribution in [3.05, 3.63) is 83.0 Å². The highest BCUT2D eigenvalue weighted by atomic mass is 19.1. The normalized spacial score (nSPS) is 20.1. The first-order chi connectivity index (χ1) is 17.9. The standard InChI is InChI=1S/C26H21F2N5O4/c27-15-1-3-19(31-13-15)24(34)32-16-2-4-21-17(11-16)26(7-8-30-25(29)37-26)18-12-20(14-5-9-35-10-6-14)33-23(28)22(18)36-21/h1-5,11-13H,6-10H2,(H2,29,30)(H,32,34)/t26-/m0/s1. The molecule has 1 aromatic carbocycles. The van der Waals surface area contributed by atoms with E-state index in [-0.39, 0.29) is 17.5 Å². The number of carbonyl (C=O) groups is 1. The van der Waals surface area contributed by atoms with E-state index in [0.717, 1.165) is 17.8 Å². The quantitative estimate of drug-likeness (QED) is 0.518. The summed E-state index contributed by atoms with van der Waals surface area (Å²) in [4.78, 5) is 24.8. The van der Waals surface area contributed by atoms with Gasteiger partial charge in [-0.05, 0) is 48.4 Å². The lowest BCUT2D eigenvalue weighted by molar-refractivity contribution is 0.0623. The molecular weight excluding hydrogens is 484 g/mol. The zero-order valence-corrected chi connectivity index (χ0v) is 19.5. The van der Waals surface area contributed by atoms with E-state index in [4.69, 9.17) is 19.9 Å². The topological polar surface area (TPSA) is 121 Å². The van der Waals surface area contributed by atoms with Crippen molar-refractivity contribution in [1.82, 2.24) is 9.97 Å². The van der Waals surface area contributed by atoms with Gasteiger partial charge in [-0.2, -0.15) is 4.39 Å². The number of ether oxygens (including phenoxy) is 3. The number of benzene rings is 1. The highest BCUT2D eigenvalue weighted by Gasteiger charge is 2.48. The molecule has 37 heavy (non-hydrogen) atoms. The van der Waals surface area contributed by atoms with E-state index in [1.807, 2.05) is 6.08 Å². The van der Waals surface area contributed by atoms with Crippen LogP contribution in [-0.4, -0.2) is 41.7 Å². The zero-order chi connectivity index (χ0) is 25.6. The molecule has 0 unspecified atom stereocenters. The summed E-state index contributed by atoms with van der Waals surface area (Å²) in [7, 11) is 0. The minimum Gasteiger partial charge on any atom is -0.452 e. The molecule has 3 aliphatic heterocycles. The van der Waals surface area contributed by atoms with E-state index in [1.54, 1.807) is 24.3 Å². The molecule has 188 valence electrons. The Bertz CT molecular complexity index is 1470. The Kier molecular flexibility index (Phi) is 5.56. The van der Waals surface area contributed by atoms with Gasteiger partial charge in [0.05, 0.1) is 25.1 Å². The molecule has 0 radical (unpaired) electrons. The maximum atomic E-state index is 15.4. The number of hydrogen-bond donors (Lipinski definition) is 2. The number of aromatic nitrogens is 2. The Labute approximate surface area is 210 Å². The van der Waals surface area contributed by atoms with Crippen LogP contribution in [0.2, 0.25) is 0 Å². The van der Waals surface area contributed by atoms with Crippen LogP contribution in [0.4, 0.5) is 14.5 Å². The van der Waals surface area contributed by atoms with E-state index < -0.39 is 23.3 Å². The average molecular weight is 505 g/mol. The number of rotatable bonds is 3. The first kappa shape index (κ1) is 23.0. The van der Waals surface area contributed by atoms with Crippen LogP contribution in [0.25, 0.3) is 5.57 Å². The Hall–Kier alpha value is -4.38. The number of pyridine rings is 2. The van der Waals surface area contributed by atoms with E-state index in [1.165, 1.54) is 6.07 Å². The Morgan fingerprint density at radius 3 is 2.78 bits per heavy atom. The second-order valence-corrected chi connectivity index (χ2v) is 8.76. The number of nitrogens with one attached hydrogen (secondary N) is 1. The van der Waals surface area contributed by atoms with Crippen molar-refractivity contribution in [2.24, 2.45) is 10.7 Å². The van der Waals surface area contributed by atoms with Gasteiger partial charge in [-0.15, -0.1) is 0 Å². The van der Waals surface area contributed by atoms with Gasteiger partial charge in [0.25, 0.3) is 17.9 Å². The van der Waals surface area contributed by atoms with Crippen LogP contribution in [0.15, 0.2) is 53.7 Å².